The van der Waals surface area contributed by atoms with Crippen LogP contribution in [0.3, 0.4) is 0 Å². The maximum atomic E-state index is 10.3. The second kappa shape index (κ2) is 14.9. The summed E-state index contributed by atoms with van der Waals surface area (Å²) in [5.41, 5.74) is -0.530. The highest BCUT2D eigenvalue weighted by Gasteiger charge is 2.37. The van der Waals surface area contributed by atoms with E-state index < -0.39 is 17.2 Å². The molecule has 0 aliphatic carbocycles. The molecule has 0 unspecified atom stereocenters. The van der Waals surface area contributed by atoms with Crippen molar-refractivity contribution in [2.24, 2.45) is 5.41 Å². The Kier molecular flexibility index (Phi) is 11.3. The van der Waals surface area contributed by atoms with E-state index in [1.807, 2.05) is 36.9 Å². The highest BCUT2D eigenvalue weighted by molar-refractivity contribution is 5.72. The van der Waals surface area contributed by atoms with E-state index in [9.17, 15) is 10.2 Å². The SMILES string of the molecule is CC(C)(CC(=N)[O-])CC(=N)[O-].c1cnc(N2CC[N+]3(CCCC3)CC2)nc1.c1cnc(N2CC[N+]3(CCCC3)CC2)nc1. The van der Waals surface area contributed by atoms with Crippen molar-refractivity contribution in [1.82, 2.24) is 19.9 Å². The van der Waals surface area contributed by atoms with Crippen molar-refractivity contribution in [1.29, 1.82) is 10.8 Å². The summed E-state index contributed by atoms with van der Waals surface area (Å²) >= 11 is 0. The Morgan fingerprint density at radius 1 is 0.628 bits per heavy atom. The van der Waals surface area contributed by atoms with Crippen molar-refractivity contribution in [3.05, 3.63) is 36.9 Å². The van der Waals surface area contributed by atoms with Gasteiger partial charge in [-0.05, 0) is 42.2 Å². The van der Waals surface area contributed by atoms with Crippen molar-refractivity contribution in [2.75, 3.05) is 88.3 Å². The number of hydrogen-bond acceptors (Lipinski definition) is 10. The maximum Gasteiger partial charge on any atom is 0.225 e. The van der Waals surface area contributed by atoms with Crippen molar-refractivity contribution in [3.63, 3.8) is 0 Å². The molecular weight excluding hydrogens is 544 g/mol. The number of nitrogens with zero attached hydrogens (tertiary/aromatic N) is 8. The number of rotatable bonds is 6. The number of quaternary nitrogens is 2. The minimum absolute atomic E-state index is 0.0393. The van der Waals surface area contributed by atoms with E-state index in [1.165, 1.54) is 87.0 Å². The summed E-state index contributed by atoms with van der Waals surface area (Å²) in [5.74, 6) is 0.437. The molecule has 0 aromatic carbocycles. The molecule has 2 aromatic rings. The maximum absolute atomic E-state index is 10.3. The lowest BCUT2D eigenvalue weighted by Crippen LogP contribution is -2.58. The minimum atomic E-state index is -0.684. The van der Waals surface area contributed by atoms with Crippen LogP contribution < -0.4 is 20.0 Å². The normalized spacial score (nSPS) is 20.6. The molecule has 43 heavy (non-hydrogen) atoms. The number of anilines is 2. The topological polar surface area (TPSA) is 152 Å². The molecule has 4 saturated heterocycles. The van der Waals surface area contributed by atoms with Crippen molar-refractivity contribution in [2.45, 2.75) is 52.4 Å². The molecule has 2 spiro atoms. The van der Waals surface area contributed by atoms with Crippen LogP contribution in [-0.2, 0) is 0 Å². The molecule has 2 aromatic heterocycles. The Morgan fingerprint density at radius 3 is 1.21 bits per heavy atom. The van der Waals surface area contributed by atoms with Gasteiger partial charge in [-0.3, -0.25) is 0 Å². The van der Waals surface area contributed by atoms with Crippen LogP contribution in [0.15, 0.2) is 36.9 Å². The van der Waals surface area contributed by atoms with Gasteiger partial charge in [0.15, 0.2) is 0 Å². The van der Waals surface area contributed by atoms with E-state index in [2.05, 4.69) is 29.7 Å². The molecule has 0 radical (unpaired) electrons. The van der Waals surface area contributed by atoms with Gasteiger partial charge in [-0.2, -0.15) is 0 Å². The average molecular weight is 595 g/mol. The molecule has 12 nitrogen and oxygen atoms in total. The molecule has 4 fully saturated rings. The van der Waals surface area contributed by atoms with Crippen LogP contribution in [0.5, 0.6) is 0 Å². The van der Waals surface area contributed by atoms with Crippen LogP contribution in [0.2, 0.25) is 0 Å². The fraction of sp³-hybridized carbons (Fsp3) is 0.677. The Bertz CT molecular complexity index is 1040. The molecule has 2 N–H and O–H groups in total. The minimum Gasteiger partial charge on any atom is -0.862 e. The molecule has 4 aliphatic rings. The third-order valence-electron chi connectivity index (χ3n) is 9.36. The monoisotopic (exact) mass is 594 g/mol. The number of hydrogen-bond donors (Lipinski definition) is 2. The molecule has 4 aliphatic heterocycles. The van der Waals surface area contributed by atoms with E-state index in [0.29, 0.717) is 0 Å². The molecule has 6 rings (SSSR count). The van der Waals surface area contributed by atoms with Crippen LogP contribution in [0.25, 0.3) is 0 Å². The Morgan fingerprint density at radius 2 is 0.930 bits per heavy atom. The zero-order valence-corrected chi connectivity index (χ0v) is 26.1. The van der Waals surface area contributed by atoms with Crippen molar-refractivity contribution < 1.29 is 19.2 Å². The van der Waals surface area contributed by atoms with E-state index in [0.717, 1.165) is 38.1 Å². The van der Waals surface area contributed by atoms with Crippen LogP contribution in [0, 0.1) is 16.2 Å². The van der Waals surface area contributed by atoms with Crippen LogP contribution >= 0.6 is 0 Å². The average Bonchev–Trinajstić information content (AvgIpc) is 3.64. The van der Waals surface area contributed by atoms with Crippen LogP contribution in [-0.4, -0.2) is 119 Å². The fourth-order valence-corrected chi connectivity index (χ4v) is 6.93. The van der Waals surface area contributed by atoms with Gasteiger partial charge in [-0.25, -0.2) is 19.9 Å². The molecule has 236 valence electrons. The predicted molar refractivity (Wildman–Crippen MR) is 165 cm³/mol. The molecule has 0 amide bonds. The predicted octanol–water partition coefficient (Wildman–Crippen LogP) is 1.28. The lowest BCUT2D eigenvalue weighted by Gasteiger charge is -2.41. The largest absolute Gasteiger partial charge is 0.862 e. The molecule has 6 heterocycles. The first kappa shape index (κ1) is 32.5. The lowest BCUT2D eigenvalue weighted by molar-refractivity contribution is -0.917. The first-order valence-electron chi connectivity index (χ1n) is 15.8. The summed E-state index contributed by atoms with van der Waals surface area (Å²) in [5, 5.41) is 34.0. The summed E-state index contributed by atoms with van der Waals surface area (Å²) < 4.78 is 2.70. The van der Waals surface area contributed by atoms with Gasteiger partial charge in [-0.15, -0.1) is 0 Å². The van der Waals surface area contributed by atoms with Crippen molar-refractivity contribution in [3.8, 4) is 0 Å². The van der Waals surface area contributed by atoms with E-state index in [-0.39, 0.29) is 12.8 Å². The molecule has 0 atom stereocenters. The summed E-state index contributed by atoms with van der Waals surface area (Å²) in [6, 6.07) is 3.75. The van der Waals surface area contributed by atoms with Gasteiger partial charge in [0.25, 0.3) is 0 Å². The number of nitrogens with one attached hydrogen (secondary N) is 2. The molecule has 0 saturated carbocycles. The molecule has 0 bridgehead atoms. The Balaban J connectivity index is 0.000000151. The van der Waals surface area contributed by atoms with Gasteiger partial charge in [0.2, 0.25) is 11.9 Å². The highest BCUT2D eigenvalue weighted by Crippen LogP contribution is 2.25. The van der Waals surface area contributed by atoms with Gasteiger partial charge >= 0.3 is 0 Å². The highest BCUT2D eigenvalue weighted by atomic mass is 16.3. The van der Waals surface area contributed by atoms with Gasteiger partial charge < -0.3 is 39.8 Å². The summed E-state index contributed by atoms with van der Waals surface area (Å²) in [6.07, 6.45) is 13.1. The second-order valence-corrected chi connectivity index (χ2v) is 13.3. The van der Waals surface area contributed by atoms with Crippen LogP contribution in [0.1, 0.15) is 52.4 Å². The van der Waals surface area contributed by atoms with Gasteiger partial charge in [0.1, 0.15) is 0 Å². The second-order valence-electron chi connectivity index (χ2n) is 13.3. The quantitative estimate of drug-likeness (QED) is 0.288. The standard InChI is InChI=1S/2C12H19N4.C7H14N2O2/c2*1-2-9-16(8-1)10-6-15(7-11-16)12-13-4-3-5-14-12;1-7(2,3-5(8)10)4-6(9)11/h2*3-5H,1-2,6-11H2;3-4H2,1-2H3,(H2,8,10)(H2,9,11)/q2*+1;/p-2. The van der Waals surface area contributed by atoms with E-state index >= 15 is 0 Å². The summed E-state index contributed by atoms with van der Waals surface area (Å²) in [4.78, 5) is 21.9. The zero-order valence-electron chi connectivity index (χ0n) is 26.1. The first-order chi connectivity index (χ1) is 20.6. The smallest absolute Gasteiger partial charge is 0.225 e. The Labute approximate surface area is 256 Å². The summed E-state index contributed by atoms with van der Waals surface area (Å²) in [7, 11) is 0. The van der Waals surface area contributed by atoms with E-state index in [4.69, 9.17) is 10.8 Å². The number of aromatic nitrogens is 4. The van der Waals surface area contributed by atoms with E-state index in [1.54, 1.807) is 13.8 Å². The third kappa shape index (κ3) is 9.82. The van der Waals surface area contributed by atoms with Gasteiger partial charge in [-0.1, -0.05) is 13.8 Å². The van der Waals surface area contributed by atoms with Crippen LogP contribution in [0.4, 0.5) is 11.9 Å². The first-order valence-corrected chi connectivity index (χ1v) is 15.8. The van der Waals surface area contributed by atoms with Crippen molar-refractivity contribution >= 4 is 23.7 Å². The Hall–Kier alpha value is -3.38. The lowest BCUT2D eigenvalue weighted by atomic mass is 9.85. The third-order valence-corrected chi connectivity index (χ3v) is 9.36. The number of piperazine rings is 2. The molecular formula is C31H50N10O2. The molecule has 12 heteroatoms. The summed E-state index contributed by atoms with van der Waals surface area (Å²) in [6.45, 7) is 18.5. The van der Waals surface area contributed by atoms with Gasteiger partial charge in [0, 0.05) is 50.5 Å². The fourth-order valence-electron chi connectivity index (χ4n) is 6.93. The zero-order chi connectivity index (χ0) is 30.8. The van der Waals surface area contributed by atoms with Gasteiger partial charge in [0.05, 0.1) is 78.5 Å².